The van der Waals surface area contributed by atoms with Gasteiger partial charge in [-0.1, -0.05) is 64.7 Å². The van der Waals surface area contributed by atoms with E-state index in [2.05, 4.69) is 27.2 Å². The number of aliphatic hydroxyl groups excluding tert-OH is 3. The summed E-state index contributed by atoms with van der Waals surface area (Å²) in [4.78, 5) is 12.2. The average Bonchev–Trinajstić information content (AvgIpc) is 3.19. The highest BCUT2D eigenvalue weighted by atomic mass is 16.3. The number of phenolic OH excluding ortho intramolecular Hbond substituents is 1. The first-order chi connectivity index (χ1) is 26.0. The van der Waals surface area contributed by atoms with E-state index in [-0.39, 0.29) is 56.7 Å². The zero-order chi connectivity index (χ0) is 40.5. The summed E-state index contributed by atoms with van der Waals surface area (Å²) in [6.07, 6.45) is 11.7. The second kappa shape index (κ2) is 27.2. The quantitative estimate of drug-likeness (QED) is 0.0720. The lowest BCUT2D eigenvalue weighted by Gasteiger charge is -2.11. The number of rotatable bonds is 16. The third-order valence-electron chi connectivity index (χ3n) is 8.51. The molecule has 0 aliphatic rings. The highest BCUT2D eigenvalue weighted by molar-refractivity contribution is 5.42. The molecular weight excluding hydrogens is 690 g/mol. The topological polar surface area (TPSA) is 270 Å². The van der Waals surface area contributed by atoms with Gasteiger partial charge in [-0.05, 0) is 38.8 Å². The Morgan fingerprint density at radius 1 is 0.574 bits per heavy atom. The number of aryl methyl sites for hydroxylation is 3. The summed E-state index contributed by atoms with van der Waals surface area (Å²) in [5, 5.41) is 68.6. The summed E-state index contributed by atoms with van der Waals surface area (Å²) in [6, 6.07) is 7.36. The Morgan fingerprint density at radius 2 is 1.06 bits per heavy atom. The zero-order valence-corrected chi connectivity index (χ0v) is 32.4. The van der Waals surface area contributed by atoms with E-state index in [0.29, 0.717) is 56.2 Å². The number of benzene rings is 1. The molecule has 14 N–H and O–H groups in total. The van der Waals surface area contributed by atoms with E-state index in [1.165, 1.54) is 19.0 Å². The second-order valence-electron chi connectivity index (χ2n) is 12.4. The van der Waals surface area contributed by atoms with E-state index in [0.717, 1.165) is 50.8 Å². The summed E-state index contributed by atoms with van der Waals surface area (Å²) in [5.41, 5.74) is 22.9. The number of phenols is 1. The molecule has 0 aliphatic heterocycles. The summed E-state index contributed by atoms with van der Waals surface area (Å²) in [6.45, 7) is 9.82. The van der Waals surface area contributed by atoms with Crippen LogP contribution in [0.1, 0.15) is 109 Å². The van der Waals surface area contributed by atoms with Gasteiger partial charge in [0.1, 0.15) is 23.0 Å². The van der Waals surface area contributed by atoms with Crippen LogP contribution in [0.25, 0.3) is 0 Å². The van der Waals surface area contributed by atoms with Crippen LogP contribution in [-0.2, 0) is 58.8 Å². The van der Waals surface area contributed by atoms with Gasteiger partial charge in [-0.25, -0.2) is 0 Å². The van der Waals surface area contributed by atoms with Crippen LogP contribution < -0.4 is 22.5 Å². The van der Waals surface area contributed by atoms with Crippen LogP contribution in [0.5, 0.6) is 23.0 Å². The molecule has 54 heavy (non-hydrogen) atoms. The molecule has 0 atom stereocenters. The zero-order valence-electron chi connectivity index (χ0n) is 32.4. The molecule has 0 bridgehead atoms. The fraction of sp³-hybridized carbons (Fsp3) is 0.475. The van der Waals surface area contributed by atoms with Gasteiger partial charge in [-0.3, -0.25) is 15.0 Å². The molecule has 0 saturated heterocycles. The van der Waals surface area contributed by atoms with Crippen molar-refractivity contribution in [3.63, 3.8) is 0 Å². The molecule has 3 aromatic heterocycles. The number of aliphatic hydroxyl groups is 3. The molecule has 14 heteroatoms. The highest BCUT2D eigenvalue weighted by Gasteiger charge is 2.13. The van der Waals surface area contributed by atoms with E-state index in [9.17, 15) is 20.4 Å². The average molecular weight is 754 g/mol. The van der Waals surface area contributed by atoms with Crippen molar-refractivity contribution in [3.05, 3.63) is 98.9 Å². The number of unbranched alkanes of at least 4 members (excludes halogenated alkanes) is 3. The third-order valence-corrected chi connectivity index (χ3v) is 8.51. The molecule has 0 unspecified atom stereocenters. The smallest absolute Gasteiger partial charge is 0.141 e. The van der Waals surface area contributed by atoms with Gasteiger partial charge >= 0.3 is 0 Å². The van der Waals surface area contributed by atoms with Gasteiger partial charge in [0.2, 0.25) is 0 Å². The first-order valence-corrected chi connectivity index (χ1v) is 18.5. The Hall–Kier alpha value is -4.41. The van der Waals surface area contributed by atoms with Crippen molar-refractivity contribution in [2.24, 2.45) is 17.2 Å². The van der Waals surface area contributed by atoms with E-state index < -0.39 is 0 Å². The van der Waals surface area contributed by atoms with Crippen LogP contribution in [0.3, 0.4) is 0 Å². The van der Waals surface area contributed by atoms with Crippen molar-refractivity contribution in [1.29, 1.82) is 0 Å². The number of para-hydroxylation sites is 1. The maximum Gasteiger partial charge on any atom is 0.141 e. The van der Waals surface area contributed by atoms with Crippen LogP contribution in [0.4, 0.5) is 0 Å². The molecule has 4 aromatic rings. The van der Waals surface area contributed by atoms with E-state index in [4.69, 9.17) is 32.5 Å². The summed E-state index contributed by atoms with van der Waals surface area (Å²) < 4.78 is 0. The minimum Gasteiger partial charge on any atom is -0.508 e. The van der Waals surface area contributed by atoms with Crippen molar-refractivity contribution in [2.45, 2.75) is 119 Å². The van der Waals surface area contributed by atoms with E-state index in [1.54, 1.807) is 25.4 Å². The van der Waals surface area contributed by atoms with Crippen molar-refractivity contribution in [2.75, 3.05) is 6.54 Å². The lowest BCUT2D eigenvalue weighted by molar-refractivity contribution is 0.278. The number of pyridine rings is 3. The molecule has 0 spiro atoms. The Morgan fingerprint density at radius 3 is 1.50 bits per heavy atom. The van der Waals surface area contributed by atoms with Gasteiger partial charge in [0.25, 0.3) is 0 Å². The third kappa shape index (κ3) is 15.1. The molecule has 0 radical (unpaired) electrons. The van der Waals surface area contributed by atoms with Crippen LogP contribution >= 0.6 is 0 Å². The Kier molecular flexibility index (Phi) is 24.0. The van der Waals surface area contributed by atoms with Crippen LogP contribution in [-0.4, -0.2) is 57.2 Å². The Labute approximate surface area is 319 Å². The van der Waals surface area contributed by atoms with E-state index in [1.807, 2.05) is 32.0 Å². The molecule has 3 heterocycles. The number of nitrogens with two attached hydrogens (primary N) is 3. The van der Waals surface area contributed by atoms with Crippen molar-refractivity contribution < 1.29 is 35.7 Å². The number of nitrogens with zero attached hydrogens (tertiary/aromatic N) is 3. The van der Waals surface area contributed by atoms with Gasteiger partial charge < -0.3 is 58.3 Å². The molecular formula is C40H63N7O7. The lowest BCUT2D eigenvalue weighted by Crippen LogP contribution is -2.11. The normalized spacial score (nSPS) is 10.4. The summed E-state index contributed by atoms with van der Waals surface area (Å²) in [5.74, 6) is 0.758. The molecule has 0 saturated carbocycles. The predicted molar refractivity (Wildman–Crippen MR) is 211 cm³/mol. The monoisotopic (exact) mass is 753 g/mol. The van der Waals surface area contributed by atoms with Gasteiger partial charge in [-0.15, -0.1) is 0 Å². The molecule has 4 rings (SSSR count). The number of aromatic nitrogens is 3. The minimum atomic E-state index is -0.145. The second-order valence-corrected chi connectivity index (χ2v) is 12.4. The molecule has 1 aromatic carbocycles. The van der Waals surface area contributed by atoms with Crippen LogP contribution in [0.2, 0.25) is 0 Å². The SMILES string of the molecule is CCCCCCc1ncc(CO)c(CN)c1O.CCCc1ncc(CO)c(CN)c1O.CCNCc1ccccc1O.Cc1ncc(CO)c(CN)c1O. The Balaban J connectivity index is 0.000000365. The fourth-order valence-electron chi connectivity index (χ4n) is 5.26. The lowest BCUT2D eigenvalue weighted by atomic mass is 10.0. The van der Waals surface area contributed by atoms with E-state index >= 15 is 0 Å². The maximum absolute atomic E-state index is 10.0. The molecule has 0 amide bonds. The van der Waals surface area contributed by atoms with Crippen molar-refractivity contribution in [3.8, 4) is 23.0 Å². The predicted octanol–water partition coefficient (Wildman–Crippen LogP) is 4.10. The summed E-state index contributed by atoms with van der Waals surface area (Å²) in [7, 11) is 0. The first-order valence-electron chi connectivity index (χ1n) is 18.5. The van der Waals surface area contributed by atoms with Gasteiger partial charge in [0.05, 0.1) is 36.9 Å². The highest BCUT2D eigenvalue weighted by Crippen LogP contribution is 2.26. The molecule has 0 fully saturated rings. The molecule has 300 valence electrons. The van der Waals surface area contributed by atoms with Crippen LogP contribution in [0.15, 0.2) is 42.9 Å². The fourth-order valence-corrected chi connectivity index (χ4v) is 5.26. The van der Waals surface area contributed by atoms with Crippen LogP contribution in [0, 0.1) is 6.92 Å². The number of nitrogens with one attached hydrogen (secondary N) is 1. The van der Waals surface area contributed by atoms with Crippen molar-refractivity contribution >= 4 is 0 Å². The standard InChI is InChI=1S/C13H22N2O2.C10H16N2O2.C9H13NO.C8H12N2O2/c1-2-3-4-5-6-12-13(17)11(7-14)10(9-16)8-15-12;1-2-3-9-10(14)8(4-11)7(6-13)5-12-9;1-2-10-7-8-5-3-4-6-9(8)11;1-5-8(12)7(2-9)6(4-11)3-10-5/h8,16-17H,2-7,9,14H2,1H3;5,13-14H,2-4,6,11H2,1H3;3-6,10-11H,2,7H2,1H3;3,11-12H,2,4,9H2,1H3. The van der Waals surface area contributed by atoms with Gasteiger partial charge in [-0.2, -0.15) is 0 Å². The minimum absolute atomic E-state index is 0.0871. The van der Waals surface area contributed by atoms with Gasteiger partial charge in [0, 0.05) is 83.7 Å². The van der Waals surface area contributed by atoms with Crippen molar-refractivity contribution in [1.82, 2.24) is 20.3 Å². The number of aromatic hydroxyl groups is 4. The number of hydrogen-bond acceptors (Lipinski definition) is 14. The first kappa shape index (κ1) is 47.6. The Bertz CT molecular complexity index is 1660. The van der Waals surface area contributed by atoms with Gasteiger partial charge in [0.15, 0.2) is 0 Å². The maximum atomic E-state index is 10.0. The molecule has 0 aliphatic carbocycles. The number of hydrogen-bond donors (Lipinski definition) is 11. The summed E-state index contributed by atoms with van der Waals surface area (Å²) >= 11 is 0. The molecule has 14 nitrogen and oxygen atoms in total. The largest absolute Gasteiger partial charge is 0.508 e.